The zero-order chi connectivity index (χ0) is 19.9. The topological polar surface area (TPSA) is 55.1 Å². The van der Waals surface area contributed by atoms with Gasteiger partial charge in [-0.25, -0.2) is 4.98 Å². The number of nitriles is 1. The molecule has 3 rings (SSSR count). The van der Waals surface area contributed by atoms with Gasteiger partial charge in [-0.15, -0.1) is 11.3 Å². The van der Waals surface area contributed by atoms with Crippen LogP contribution in [-0.2, 0) is 0 Å². The third-order valence-electron chi connectivity index (χ3n) is 3.89. The number of rotatable bonds is 7. The Kier molecular flexibility index (Phi) is 6.70. The molecule has 0 saturated heterocycles. The molecular weight excluding hydrogens is 392 g/mol. The lowest BCUT2D eigenvalue weighted by Gasteiger charge is -2.10. The average Bonchev–Trinajstić information content (AvgIpc) is 3.18. The number of nitrogens with zero attached hydrogens (tertiary/aromatic N) is 2. The maximum Gasteiger partial charge on any atom is 0.134 e. The van der Waals surface area contributed by atoms with Crippen molar-refractivity contribution < 1.29 is 9.47 Å². The number of hydrogen-bond donors (Lipinski definition) is 0. The van der Waals surface area contributed by atoms with Gasteiger partial charge in [-0.1, -0.05) is 23.7 Å². The molecule has 1 aromatic heterocycles. The Balaban J connectivity index is 1.94. The van der Waals surface area contributed by atoms with Crippen LogP contribution < -0.4 is 9.47 Å². The van der Waals surface area contributed by atoms with Crippen molar-refractivity contribution >= 4 is 34.6 Å². The van der Waals surface area contributed by atoms with E-state index >= 15 is 0 Å². The first kappa shape index (κ1) is 19.9. The monoisotopic (exact) mass is 410 g/mol. The van der Waals surface area contributed by atoms with Gasteiger partial charge in [0.15, 0.2) is 0 Å². The molecule has 3 aromatic rings. The molecule has 0 radical (unpaired) electrons. The summed E-state index contributed by atoms with van der Waals surface area (Å²) >= 11 is 7.38. The van der Waals surface area contributed by atoms with E-state index in [4.69, 9.17) is 21.1 Å². The van der Waals surface area contributed by atoms with Crippen molar-refractivity contribution in [2.75, 3.05) is 13.2 Å². The van der Waals surface area contributed by atoms with E-state index in [9.17, 15) is 5.26 Å². The van der Waals surface area contributed by atoms with Gasteiger partial charge in [0.25, 0.3) is 0 Å². The molecule has 142 valence electrons. The van der Waals surface area contributed by atoms with Gasteiger partial charge < -0.3 is 9.47 Å². The zero-order valence-electron chi connectivity index (χ0n) is 15.6. The van der Waals surface area contributed by atoms with Gasteiger partial charge in [0.05, 0.1) is 24.5 Å². The van der Waals surface area contributed by atoms with Gasteiger partial charge in [-0.3, -0.25) is 0 Å². The molecule has 0 aliphatic carbocycles. The molecule has 1 heterocycles. The number of thiazole rings is 1. The predicted molar refractivity (Wildman–Crippen MR) is 115 cm³/mol. The van der Waals surface area contributed by atoms with Crippen molar-refractivity contribution in [1.29, 1.82) is 5.26 Å². The molecule has 0 aliphatic heterocycles. The largest absolute Gasteiger partial charge is 0.494 e. The fraction of sp³-hybridized carbons (Fsp3) is 0.182. The number of benzene rings is 2. The van der Waals surface area contributed by atoms with Crippen LogP contribution in [0.2, 0.25) is 5.02 Å². The van der Waals surface area contributed by atoms with Crippen molar-refractivity contribution in [3.05, 3.63) is 63.4 Å². The normalized spacial score (nSPS) is 11.1. The van der Waals surface area contributed by atoms with E-state index in [0.717, 1.165) is 22.6 Å². The Morgan fingerprint density at radius 1 is 1.14 bits per heavy atom. The van der Waals surface area contributed by atoms with Crippen LogP contribution in [0, 0.1) is 11.3 Å². The summed E-state index contributed by atoms with van der Waals surface area (Å²) < 4.78 is 11.3. The van der Waals surface area contributed by atoms with E-state index in [1.807, 2.05) is 61.7 Å². The lowest BCUT2D eigenvalue weighted by molar-refractivity contribution is 0.322. The highest BCUT2D eigenvalue weighted by atomic mass is 35.5. The third kappa shape index (κ3) is 4.72. The van der Waals surface area contributed by atoms with Gasteiger partial charge in [0.1, 0.15) is 22.6 Å². The van der Waals surface area contributed by atoms with Crippen LogP contribution in [0.5, 0.6) is 11.5 Å². The molecule has 4 nitrogen and oxygen atoms in total. The minimum Gasteiger partial charge on any atom is -0.494 e. The van der Waals surface area contributed by atoms with Crippen LogP contribution in [0.25, 0.3) is 22.9 Å². The van der Waals surface area contributed by atoms with Crippen molar-refractivity contribution in [2.24, 2.45) is 0 Å². The summed E-state index contributed by atoms with van der Waals surface area (Å²) in [4.78, 5) is 4.62. The second-order valence-corrected chi connectivity index (χ2v) is 7.07. The number of halogens is 1. The van der Waals surface area contributed by atoms with Gasteiger partial charge in [0, 0.05) is 27.6 Å². The lowest BCUT2D eigenvalue weighted by atomic mass is 10.1. The second kappa shape index (κ2) is 9.41. The van der Waals surface area contributed by atoms with Crippen LogP contribution >= 0.6 is 22.9 Å². The molecule has 0 saturated carbocycles. The Morgan fingerprint density at radius 2 is 1.89 bits per heavy atom. The molecule has 6 heteroatoms. The molecule has 0 bridgehead atoms. The van der Waals surface area contributed by atoms with Crippen LogP contribution in [0.1, 0.15) is 24.4 Å². The summed E-state index contributed by atoms with van der Waals surface area (Å²) in [5.41, 5.74) is 3.07. The Bertz CT molecular complexity index is 1020. The number of aromatic nitrogens is 1. The first-order valence-corrected chi connectivity index (χ1v) is 10.1. The van der Waals surface area contributed by atoms with Crippen molar-refractivity contribution in [3.63, 3.8) is 0 Å². The lowest BCUT2D eigenvalue weighted by Crippen LogP contribution is -1.97. The van der Waals surface area contributed by atoms with E-state index < -0.39 is 0 Å². The van der Waals surface area contributed by atoms with Crippen molar-refractivity contribution in [2.45, 2.75) is 13.8 Å². The Morgan fingerprint density at radius 3 is 2.57 bits per heavy atom. The third-order valence-corrected chi connectivity index (χ3v) is 5.02. The summed E-state index contributed by atoms with van der Waals surface area (Å²) in [6, 6.07) is 15.3. The Labute approximate surface area is 173 Å². The maximum atomic E-state index is 9.68. The van der Waals surface area contributed by atoms with Gasteiger partial charge >= 0.3 is 0 Å². The first-order chi connectivity index (χ1) is 13.6. The molecule has 0 fully saturated rings. The quantitative estimate of drug-likeness (QED) is 0.427. The van der Waals surface area contributed by atoms with Gasteiger partial charge in [-0.05, 0) is 44.2 Å². The summed E-state index contributed by atoms with van der Waals surface area (Å²) in [5, 5.41) is 13.0. The second-order valence-electron chi connectivity index (χ2n) is 5.78. The first-order valence-electron chi connectivity index (χ1n) is 8.87. The standard InChI is InChI=1S/C22H19ClN2O2S/c1-3-26-19-10-7-16(21(12-19)27-4-2)11-17(13-24)22-25-20(14-28-22)15-5-8-18(23)9-6-15/h5-12,14H,3-4H2,1-2H3/b17-11-. The summed E-state index contributed by atoms with van der Waals surface area (Å²) in [5.74, 6) is 1.41. The molecular formula is C22H19ClN2O2S. The molecule has 0 amide bonds. The molecule has 2 aromatic carbocycles. The maximum absolute atomic E-state index is 9.68. The minimum absolute atomic E-state index is 0.482. The number of hydrogen-bond acceptors (Lipinski definition) is 5. The van der Waals surface area contributed by atoms with Crippen LogP contribution in [-0.4, -0.2) is 18.2 Å². The Hall–Kier alpha value is -2.81. The summed E-state index contributed by atoms with van der Waals surface area (Å²) in [7, 11) is 0. The van der Waals surface area contributed by atoms with Gasteiger partial charge in [-0.2, -0.15) is 5.26 Å². The van der Waals surface area contributed by atoms with E-state index in [-0.39, 0.29) is 0 Å². The van der Waals surface area contributed by atoms with Crippen LogP contribution in [0.15, 0.2) is 47.8 Å². The highest BCUT2D eigenvalue weighted by Gasteiger charge is 2.11. The van der Waals surface area contributed by atoms with Crippen LogP contribution in [0.3, 0.4) is 0 Å². The number of allylic oxidation sites excluding steroid dienone is 1. The minimum atomic E-state index is 0.482. The zero-order valence-corrected chi connectivity index (χ0v) is 17.2. The van der Waals surface area contributed by atoms with Crippen molar-refractivity contribution in [1.82, 2.24) is 4.98 Å². The molecule has 0 unspecified atom stereocenters. The van der Waals surface area contributed by atoms with Crippen LogP contribution in [0.4, 0.5) is 0 Å². The molecule has 28 heavy (non-hydrogen) atoms. The fourth-order valence-electron chi connectivity index (χ4n) is 2.62. The van der Waals surface area contributed by atoms with E-state index in [1.165, 1.54) is 11.3 Å². The van der Waals surface area contributed by atoms with E-state index in [2.05, 4.69) is 11.1 Å². The summed E-state index contributed by atoms with van der Waals surface area (Å²) in [6.45, 7) is 4.96. The SMILES string of the molecule is CCOc1ccc(/C=C(/C#N)c2nc(-c3ccc(Cl)cc3)cs2)c(OCC)c1. The van der Waals surface area contributed by atoms with E-state index in [1.54, 1.807) is 6.08 Å². The predicted octanol–water partition coefficient (Wildman–Crippen LogP) is 6.33. The highest BCUT2D eigenvalue weighted by molar-refractivity contribution is 7.11. The molecule has 0 aliphatic rings. The summed E-state index contributed by atoms with van der Waals surface area (Å²) in [6.07, 6.45) is 1.80. The smallest absolute Gasteiger partial charge is 0.134 e. The average molecular weight is 411 g/mol. The highest BCUT2D eigenvalue weighted by Crippen LogP contribution is 2.31. The van der Waals surface area contributed by atoms with Crippen molar-refractivity contribution in [3.8, 4) is 28.8 Å². The molecule has 0 spiro atoms. The van der Waals surface area contributed by atoms with E-state index in [0.29, 0.717) is 34.6 Å². The fourth-order valence-corrected chi connectivity index (χ4v) is 3.54. The number of ether oxygens (including phenoxy) is 2. The van der Waals surface area contributed by atoms with Gasteiger partial charge in [0.2, 0.25) is 0 Å². The molecule has 0 N–H and O–H groups in total. The molecule has 0 atom stereocenters.